The Morgan fingerprint density at radius 3 is 1.51 bits per heavy atom. The summed E-state index contributed by atoms with van der Waals surface area (Å²) in [5.41, 5.74) is 1.66. The third-order valence-corrected chi connectivity index (χ3v) is 16.6. The van der Waals surface area contributed by atoms with E-state index in [1.807, 2.05) is 76.2 Å². The standard InChI is InChI=1S/C64H92N8O11/c1-15-41(9)50-62(80)69(12)51(39(5)6)57(75)65-46(35-38(3)4)60(78)71(14)53(54(73)45-31-24-19-25-32-45)64(82)83-55(42(10)16-2)63(81)70(13)52(40(7)8)58(76)66-47(36-43-27-20-17-21-28-43)59(77)68(11)49(37-44-29-22-18-23-30-44)61(79)72-34-26-33-48(72)56(74)67-50/h17-25,27-32,38-42,46-55,73H,15-16,26,33-37H2,1-14H3,(H,65,75)(H,66,76)(H,67,74)/t41-,42-,46-,47-,48-,49+,50+,51+,52+,53+,54-,55+/m1/s1. The van der Waals surface area contributed by atoms with Crippen molar-refractivity contribution in [1.82, 2.24) is 40.4 Å². The molecule has 2 fully saturated rings. The lowest BCUT2D eigenvalue weighted by Crippen LogP contribution is -2.62. The molecule has 5 rings (SSSR count). The summed E-state index contributed by atoms with van der Waals surface area (Å²) in [5.74, 6) is -8.82. The van der Waals surface area contributed by atoms with Crippen molar-refractivity contribution in [3.63, 3.8) is 0 Å². The van der Waals surface area contributed by atoms with Gasteiger partial charge in [-0.2, -0.15) is 0 Å². The minimum Gasteiger partial charge on any atom is -0.450 e. The fourth-order valence-corrected chi connectivity index (χ4v) is 11.4. The van der Waals surface area contributed by atoms with Crippen LogP contribution < -0.4 is 16.0 Å². The van der Waals surface area contributed by atoms with Gasteiger partial charge in [-0.05, 0) is 66.0 Å². The third kappa shape index (κ3) is 16.6. The first-order valence-electron chi connectivity index (χ1n) is 29.5. The number of cyclic esters (lactones) is 1. The van der Waals surface area contributed by atoms with Gasteiger partial charge in [0.25, 0.3) is 5.91 Å². The number of likely N-dealkylation sites (N-methyl/N-ethyl adjacent to an activating group) is 4. The quantitative estimate of drug-likeness (QED) is 0.151. The second-order valence-corrected chi connectivity index (χ2v) is 23.9. The number of aliphatic hydroxyl groups excluding tert-OH is 1. The predicted molar refractivity (Wildman–Crippen MR) is 316 cm³/mol. The summed E-state index contributed by atoms with van der Waals surface area (Å²) in [7, 11) is 5.68. The van der Waals surface area contributed by atoms with Crippen LogP contribution in [-0.2, 0) is 60.7 Å². The summed E-state index contributed by atoms with van der Waals surface area (Å²) in [6.45, 7) is 18.0. The highest BCUT2D eigenvalue weighted by Gasteiger charge is 2.47. The molecule has 2 aliphatic rings. The second-order valence-electron chi connectivity index (χ2n) is 23.9. The van der Waals surface area contributed by atoms with Crippen molar-refractivity contribution in [1.29, 1.82) is 0 Å². The molecule has 454 valence electrons. The van der Waals surface area contributed by atoms with Crippen LogP contribution in [0.2, 0.25) is 0 Å². The van der Waals surface area contributed by atoms with E-state index in [1.54, 1.807) is 84.0 Å². The van der Waals surface area contributed by atoms with Crippen LogP contribution >= 0.6 is 0 Å². The Morgan fingerprint density at radius 2 is 1.00 bits per heavy atom. The van der Waals surface area contributed by atoms with Gasteiger partial charge in [0, 0.05) is 53.5 Å². The van der Waals surface area contributed by atoms with Crippen LogP contribution in [0.4, 0.5) is 0 Å². The van der Waals surface area contributed by atoms with Crippen molar-refractivity contribution in [2.45, 2.75) is 175 Å². The molecule has 0 aliphatic carbocycles. The van der Waals surface area contributed by atoms with Crippen molar-refractivity contribution in [2.75, 3.05) is 34.7 Å². The van der Waals surface area contributed by atoms with Crippen molar-refractivity contribution >= 4 is 53.2 Å². The fourth-order valence-electron chi connectivity index (χ4n) is 11.4. The molecule has 12 atom stereocenters. The lowest BCUT2D eigenvalue weighted by molar-refractivity contribution is -0.174. The normalized spacial score (nSPS) is 25.9. The first-order chi connectivity index (χ1) is 39.2. The molecule has 2 saturated heterocycles. The van der Waals surface area contributed by atoms with Gasteiger partial charge in [-0.1, -0.05) is 167 Å². The number of hydrogen-bond acceptors (Lipinski definition) is 11. The van der Waals surface area contributed by atoms with Gasteiger partial charge in [-0.15, -0.1) is 0 Å². The summed E-state index contributed by atoms with van der Waals surface area (Å²) in [6.07, 6.45) is -1.70. The van der Waals surface area contributed by atoms with Crippen molar-refractivity contribution < 1.29 is 53.0 Å². The number of benzene rings is 3. The number of aliphatic hydroxyl groups is 1. The summed E-state index contributed by atoms with van der Waals surface area (Å²) in [5, 5.41) is 21.0. The van der Waals surface area contributed by atoms with Crippen molar-refractivity contribution in [3.05, 3.63) is 108 Å². The molecule has 2 heterocycles. The van der Waals surface area contributed by atoms with Gasteiger partial charge in [0.05, 0.1) is 0 Å². The number of esters is 1. The number of ether oxygens (including phenoxy) is 1. The highest BCUT2D eigenvalue weighted by Crippen LogP contribution is 2.29. The van der Waals surface area contributed by atoms with E-state index in [2.05, 4.69) is 16.0 Å². The number of carbonyl (C=O) groups excluding carboxylic acids is 9. The SMILES string of the molecule is CC[C@@H](C)[C@@H]1NC(=O)[C@H]2CCCN2C(=O)[C@H](Cc2ccccc2)N(C)C(=O)[C@@H](Cc2ccccc2)NC(=O)[C@H](C(C)C)N(C)C(=O)[C@H]([C@H](C)CC)OC(=O)[C@H]([C@H](O)c2ccccc2)N(C)C(=O)[C@@H](CC(C)C)NC(=O)[C@H](C(C)C)N(C)C1=O. The Labute approximate surface area is 491 Å². The monoisotopic (exact) mass is 1150 g/mol. The highest BCUT2D eigenvalue weighted by molar-refractivity contribution is 5.99. The molecule has 3 aromatic carbocycles. The zero-order valence-corrected chi connectivity index (χ0v) is 51.2. The molecule has 3 aromatic rings. The van der Waals surface area contributed by atoms with E-state index in [9.17, 15) is 19.5 Å². The predicted octanol–water partition coefficient (Wildman–Crippen LogP) is 5.33. The smallest absolute Gasteiger partial charge is 0.332 e. The molecule has 0 radical (unpaired) electrons. The lowest BCUT2D eigenvalue weighted by Gasteiger charge is -2.38. The fraction of sp³-hybridized carbons (Fsp3) is 0.578. The summed E-state index contributed by atoms with van der Waals surface area (Å²) in [6, 6.07) is 16.1. The Kier molecular flexibility index (Phi) is 24.4. The zero-order valence-electron chi connectivity index (χ0n) is 51.2. The molecule has 19 nitrogen and oxygen atoms in total. The molecule has 0 aromatic heterocycles. The number of rotatable bonds is 14. The Balaban J connectivity index is 1.72. The molecule has 4 N–H and O–H groups in total. The maximum Gasteiger partial charge on any atom is 0.332 e. The number of carbonyl (C=O) groups is 9. The largest absolute Gasteiger partial charge is 0.450 e. The molecule has 8 amide bonds. The number of nitrogens with zero attached hydrogens (tertiary/aromatic N) is 5. The van der Waals surface area contributed by atoms with Gasteiger partial charge in [-0.3, -0.25) is 38.4 Å². The topological polar surface area (TPSA) is 235 Å². The van der Waals surface area contributed by atoms with Gasteiger partial charge in [0.15, 0.2) is 12.1 Å². The zero-order chi connectivity index (χ0) is 61.6. The minimum atomic E-state index is -1.78. The van der Waals surface area contributed by atoms with Crippen LogP contribution in [0.3, 0.4) is 0 Å². The number of hydrogen-bond donors (Lipinski definition) is 4. The number of fused-ring (bicyclic) bond motifs is 1. The van der Waals surface area contributed by atoms with Crippen molar-refractivity contribution in [3.8, 4) is 0 Å². The van der Waals surface area contributed by atoms with E-state index in [4.69, 9.17) is 4.74 Å². The molecule has 0 spiro atoms. The molecule has 2 aliphatic heterocycles. The molecule has 0 unspecified atom stereocenters. The first-order valence-corrected chi connectivity index (χ1v) is 29.5. The van der Waals surface area contributed by atoms with Crippen molar-refractivity contribution in [2.24, 2.45) is 29.6 Å². The molecule has 0 bridgehead atoms. The van der Waals surface area contributed by atoms with Crippen LogP contribution in [0.5, 0.6) is 0 Å². The van der Waals surface area contributed by atoms with Gasteiger partial charge in [-0.25, -0.2) is 4.79 Å². The molecule has 19 heteroatoms. The Bertz CT molecular complexity index is 2690. The van der Waals surface area contributed by atoms with E-state index in [0.717, 1.165) is 10.5 Å². The average molecular weight is 1150 g/mol. The molecule has 0 saturated carbocycles. The number of amides is 8. The maximum atomic E-state index is 15.4. The van der Waals surface area contributed by atoms with E-state index >= 15 is 28.8 Å². The van der Waals surface area contributed by atoms with Crippen LogP contribution in [0.15, 0.2) is 91.0 Å². The molecular formula is C64H92N8O11. The first kappa shape index (κ1) is 66.6. The van der Waals surface area contributed by atoms with E-state index in [1.165, 1.54) is 47.8 Å². The van der Waals surface area contributed by atoms with Gasteiger partial charge in [0.2, 0.25) is 41.4 Å². The Hall–Kier alpha value is -7.15. The summed E-state index contributed by atoms with van der Waals surface area (Å²) < 4.78 is 6.21. The summed E-state index contributed by atoms with van der Waals surface area (Å²) >= 11 is 0. The third-order valence-electron chi connectivity index (χ3n) is 16.6. The van der Waals surface area contributed by atoms with E-state index in [-0.39, 0.29) is 43.7 Å². The highest BCUT2D eigenvalue weighted by atomic mass is 16.6. The average Bonchev–Trinajstić information content (AvgIpc) is 4.09. The molecular weight excluding hydrogens is 1060 g/mol. The van der Waals surface area contributed by atoms with E-state index in [0.29, 0.717) is 24.8 Å². The number of nitrogens with one attached hydrogen (secondary N) is 3. The Morgan fingerprint density at radius 1 is 0.530 bits per heavy atom. The van der Waals surface area contributed by atoms with Crippen LogP contribution in [-0.4, -0.2) is 172 Å². The van der Waals surface area contributed by atoms with Gasteiger partial charge < -0.3 is 50.3 Å². The van der Waals surface area contributed by atoms with E-state index < -0.39 is 137 Å². The van der Waals surface area contributed by atoms with Gasteiger partial charge >= 0.3 is 5.97 Å². The van der Waals surface area contributed by atoms with Crippen LogP contribution in [0.1, 0.15) is 124 Å². The minimum absolute atomic E-state index is 0.0139. The van der Waals surface area contributed by atoms with Crippen LogP contribution in [0.25, 0.3) is 0 Å². The van der Waals surface area contributed by atoms with Crippen LogP contribution in [0, 0.1) is 29.6 Å². The molecule has 83 heavy (non-hydrogen) atoms. The van der Waals surface area contributed by atoms with Gasteiger partial charge in [0.1, 0.15) is 48.4 Å². The maximum absolute atomic E-state index is 15.4. The second kappa shape index (κ2) is 30.4. The summed E-state index contributed by atoms with van der Waals surface area (Å²) in [4.78, 5) is 142. The lowest BCUT2D eigenvalue weighted by atomic mass is 9.94.